The number of aliphatic hydroxyl groups excluding tert-OH is 1. The largest absolute Gasteiger partial charge is 0.392 e. The van der Waals surface area contributed by atoms with Crippen LogP contribution in [0.1, 0.15) is 31.4 Å². The van der Waals surface area contributed by atoms with Gasteiger partial charge in [0.25, 0.3) is 0 Å². The molecule has 3 N–H and O–H groups in total. The van der Waals surface area contributed by atoms with E-state index in [0.717, 1.165) is 11.1 Å². The van der Waals surface area contributed by atoms with Gasteiger partial charge in [-0.1, -0.05) is 61.9 Å². The van der Waals surface area contributed by atoms with Gasteiger partial charge in [-0.2, -0.15) is 4.31 Å². The standard InChI is InChI=1S/C23H32N2O4S/c1-17(2)15-25(30(28,29)22-11-9-18(3)10-12-22)16-21(26)14-20(23(24)27)13-19-7-5-4-6-8-19/h4-12,17,20-21,26H,13-16H2,1-3H3,(H2,24,27)/t20-,21+/m1/s1. The summed E-state index contributed by atoms with van der Waals surface area (Å²) in [5.41, 5.74) is 7.46. The number of hydrogen-bond donors (Lipinski definition) is 2. The van der Waals surface area contributed by atoms with Crippen LogP contribution in [0.3, 0.4) is 0 Å². The van der Waals surface area contributed by atoms with Gasteiger partial charge in [0.05, 0.1) is 11.0 Å². The number of aliphatic hydroxyl groups is 1. The second kappa shape index (κ2) is 10.7. The molecular formula is C23H32N2O4S. The summed E-state index contributed by atoms with van der Waals surface area (Å²) in [5, 5.41) is 10.7. The number of benzene rings is 2. The van der Waals surface area contributed by atoms with E-state index in [1.54, 1.807) is 24.3 Å². The van der Waals surface area contributed by atoms with E-state index in [2.05, 4.69) is 0 Å². The maximum atomic E-state index is 13.1. The molecule has 1 amide bonds. The van der Waals surface area contributed by atoms with Crippen LogP contribution in [0.5, 0.6) is 0 Å². The summed E-state index contributed by atoms with van der Waals surface area (Å²) >= 11 is 0. The molecule has 2 aromatic rings. The molecule has 0 fully saturated rings. The summed E-state index contributed by atoms with van der Waals surface area (Å²) < 4.78 is 27.6. The second-order valence-electron chi connectivity index (χ2n) is 8.21. The lowest BCUT2D eigenvalue weighted by Gasteiger charge is -2.27. The van der Waals surface area contributed by atoms with E-state index in [1.807, 2.05) is 51.1 Å². The molecule has 6 nitrogen and oxygen atoms in total. The Morgan fingerprint density at radius 2 is 1.63 bits per heavy atom. The lowest BCUT2D eigenvalue weighted by molar-refractivity contribution is -0.122. The zero-order valence-corrected chi connectivity index (χ0v) is 18.7. The predicted octanol–water partition coefficient (Wildman–Crippen LogP) is 2.74. The van der Waals surface area contributed by atoms with Crippen LogP contribution >= 0.6 is 0 Å². The molecule has 0 saturated carbocycles. The van der Waals surface area contributed by atoms with Gasteiger partial charge in [-0.05, 0) is 43.4 Å². The molecule has 0 heterocycles. The predicted molar refractivity (Wildman–Crippen MR) is 118 cm³/mol. The van der Waals surface area contributed by atoms with Gasteiger partial charge in [-0.15, -0.1) is 0 Å². The van der Waals surface area contributed by atoms with Crippen LogP contribution in [0.2, 0.25) is 0 Å². The first kappa shape index (κ1) is 24.1. The number of nitrogens with two attached hydrogens (primary N) is 1. The molecule has 2 aromatic carbocycles. The molecule has 0 spiro atoms. The molecule has 2 atom stereocenters. The number of hydrogen-bond acceptors (Lipinski definition) is 4. The minimum absolute atomic E-state index is 0.0775. The molecule has 0 aliphatic carbocycles. The first-order valence-corrected chi connectivity index (χ1v) is 11.6. The zero-order valence-electron chi connectivity index (χ0n) is 17.9. The average molecular weight is 433 g/mol. The van der Waals surface area contributed by atoms with Crippen LogP contribution in [0.4, 0.5) is 0 Å². The number of carbonyl (C=O) groups excluding carboxylic acids is 1. The molecule has 0 aromatic heterocycles. The van der Waals surface area contributed by atoms with Crippen LogP contribution in [0.25, 0.3) is 0 Å². The van der Waals surface area contributed by atoms with Crippen LogP contribution in [-0.2, 0) is 21.2 Å². The third kappa shape index (κ3) is 6.93. The molecule has 0 aliphatic heterocycles. The van der Waals surface area contributed by atoms with Crippen molar-refractivity contribution >= 4 is 15.9 Å². The fourth-order valence-electron chi connectivity index (χ4n) is 3.37. The molecule has 2 rings (SSSR count). The van der Waals surface area contributed by atoms with E-state index in [4.69, 9.17) is 5.73 Å². The van der Waals surface area contributed by atoms with Gasteiger partial charge in [0, 0.05) is 19.0 Å². The van der Waals surface area contributed by atoms with Crippen LogP contribution < -0.4 is 5.73 Å². The molecule has 0 aliphatic rings. The highest BCUT2D eigenvalue weighted by atomic mass is 32.2. The summed E-state index contributed by atoms with van der Waals surface area (Å²) in [6.07, 6.45) is -0.505. The first-order chi connectivity index (χ1) is 14.1. The Morgan fingerprint density at radius 3 is 2.17 bits per heavy atom. The second-order valence-corrected chi connectivity index (χ2v) is 10.1. The van der Waals surface area contributed by atoms with Gasteiger partial charge in [0.15, 0.2) is 0 Å². The van der Waals surface area contributed by atoms with Gasteiger partial charge in [-0.25, -0.2) is 8.42 Å². The maximum Gasteiger partial charge on any atom is 0.243 e. The molecule has 0 radical (unpaired) electrons. The van der Waals surface area contributed by atoms with Crippen molar-refractivity contribution < 1.29 is 18.3 Å². The number of primary amides is 1. The Balaban J connectivity index is 2.16. The molecule has 0 bridgehead atoms. The highest BCUT2D eigenvalue weighted by Crippen LogP contribution is 2.21. The lowest BCUT2D eigenvalue weighted by Crippen LogP contribution is -2.41. The number of amides is 1. The van der Waals surface area contributed by atoms with E-state index in [1.165, 1.54) is 4.31 Å². The van der Waals surface area contributed by atoms with E-state index in [0.29, 0.717) is 6.42 Å². The highest BCUT2D eigenvalue weighted by molar-refractivity contribution is 7.89. The normalized spacial score (nSPS) is 14.1. The number of nitrogens with zero attached hydrogens (tertiary/aromatic N) is 1. The fourth-order valence-corrected chi connectivity index (χ4v) is 5.01. The number of carbonyl (C=O) groups is 1. The summed E-state index contributed by atoms with van der Waals surface area (Å²) in [4.78, 5) is 12.1. The van der Waals surface area contributed by atoms with Crippen molar-refractivity contribution in [2.75, 3.05) is 13.1 Å². The number of rotatable bonds is 11. The van der Waals surface area contributed by atoms with E-state index in [-0.39, 0.29) is 30.3 Å². The topological polar surface area (TPSA) is 101 Å². The van der Waals surface area contributed by atoms with Crippen molar-refractivity contribution in [3.63, 3.8) is 0 Å². The Labute approximate surface area is 179 Å². The van der Waals surface area contributed by atoms with Crippen molar-refractivity contribution in [1.29, 1.82) is 0 Å². The SMILES string of the molecule is Cc1ccc(S(=O)(=O)N(CC(C)C)C[C@@H](O)C[C@@H](Cc2ccccc2)C(N)=O)cc1. The smallest absolute Gasteiger partial charge is 0.243 e. The Kier molecular flexibility index (Phi) is 8.58. The number of sulfonamides is 1. The molecular weight excluding hydrogens is 400 g/mol. The van der Waals surface area contributed by atoms with Gasteiger partial charge in [0.2, 0.25) is 15.9 Å². The Bertz CT molecular complexity index is 912. The van der Waals surface area contributed by atoms with Gasteiger partial charge < -0.3 is 10.8 Å². The summed E-state index contributed by atoms with van der Waals surface area (Å²) in [6.45, 7) is 5.92. The van der Waals surface area contributed by atoms with Crippen molar-refractivity contribution in [2.45, 2.75) is 44.6 Å². The van der Waals surface area contributed by atoms with E-state index < -0.39 is 28.0 Å². The minimum atomic E-state index is -3.77. The Hall–Kier alpha value is -2.22. The summed E-state index contributed by atoms with van der Waals surface area (Å²) in [7, 11) is -3.77. The fraction of sp³-hybridized carbons (Fsp3) is 0.435. The molecule has 164 valence electrons. The zero-order chi connectivity index (χ0) is 22.3. The van der Waals surface area contributed by atoms with Gasteiger partial charge >= 0.3 is 0 Å². The van der Waals surface area contributed by atoms with E-state index in [9.17, 15) is 18.3 Å². The Morgan fingerprint density at radius 1 is 1.03 bits per heavy atom. The number of aryl methyl sites for hydroxylation is 1. The van der Waals surface area contributed by atoms with Gasteiger partial charge in [-0.3, -0.25) is 4.79 Å². The minimum Gasteiger partial charge on any atom is -0.392 e. The first-order valence-electron chi connectivity index (χ1n) is 10.2. The summed E-state index contributed by atoms with van der Waals surface area (Å²) in [5.74, 6) is -1.01. The van der Waals surface area contributed by atoms with Crippen LogP contribution in [0.15, 0.2) is 59.5 Å². The molecule has 30 heavy (non-hydrogen) atoms. The van der Waals surface area contributed by atoms with Crippen molar-refractivity contribution in [1.82, 2.24) is 4.31 Å². The highest BCUT2D eigenvalue weighted by Gasteiger charge is 2.29. The molecule has 7 heteroatoms. The van der Waals surface area contributed by atoms with Crippen molar-refractivity contribution in [2.24, 2.45) is 17.6 Å². The monoisotopic (exact) mass is 432 g/mol. The maximum absolute atomic E-state index is 13.1. The van der Waals surface area contributed by atoms with Crippen LogP contribution in [0, 0.1) is 18.8 Å². The van der Waals surface area contributed by atoms with Gasteiger partial charge in [0.1, 0.15) is 0 Å². The van der Waals surface area contributed by atoms with Crippen LogP contribution in [-0.4, -0.2) is 42.9 Å². The third-order valence-electron chi connectivity index (χ3n) is 4.93. The third-order valence-corrected chi connectivity index (χ3v) is 6.77. The molecule has 0 saturated heterocycles. The molecule has 0 unspecified atom stereocenters. The average Bonchev–Trinajstić information content (AvgIpc) is 2.67. The van der Waals surface area contributed by atoms with E-state index >= 15 is 0 Å². The quantitative estimate of drug-likeness (QED) is 0.570. The van der Waals surface area contributed by atoms with Crippen molar-refractivity contribution in [3.05, 3.63) is 65.7 Å². The summed E-state index contributed by atoms with van der Waals surface area (Å²) in [6, 6.07) is 16.1. The lowest BCUT2D eigenvalue weighted by atomic mass is 9.93. The van der Waals surface area contributed by atoms with Crippen molar-refractivity contribution in [3.8, 4) is 0 Å².